The van der Waals surface area contributed by atoms with Gasteiger partial charge in [0.15, 0.2) is 0 Å². The molecule has 0 aliphatic heterocycles. The number of nitrogens with one attached hydrogen (secondary N) is 2. The molecular formula is C19H18ClF3N2O4S. The van der Waals surface area contributed by atoms with Crippen LogP contribution in [0.1, 0.15) is 45.0 Å². The molecular weight excluding hydrogens is 445 g/mol. The minimum Gasteiger partial charge on any atom is -0.465 e. The summed E-state index contributed by atoms with van der Waals surface area (Å²) in [5, 5.41) is 4.92. The van der Waals surface area contributed by atoms with Crippen LogP contribution in [0.15, 0.2) is 18.2 Å². The molecule has 1 aromatic heterocycles. The van der Waals surface area contributed by atoms with E-state index in [0.29, 0.717) is 6.07 Å². The Morgan fingerprint density at radius 3 is 2.33 bits per heavy atom. The van der Waals surface area contributed by atoms with E-state index in [2.05, 4.69) is 10.6 Å². The SMILES string of the molecule is COC(=O)c1c(NC(=O)C(C)C)sc(C(=O)Nc2cc(C(F)(F)F)ccc2Cl)c1C. The lowest BCUT2D eigenvalue weighted by Crippen LogP contribution is -2.19. The van der Waals surface area contributed by atoms with Gasteiger partial charge in [0.25, 0.3) is 5.91 Å². The average Bonchev–Trinajstić information content (AvgIpc) is 2.97. The number of alkyl halides is 3. The number of carbonyl (C=O) groups is 3. The van der Waals surface area contributed by atoms with Crippen molar-refractivity contribution in [2.75, 3.05) is 17.7 Å². The molecule has 0 bridgehead atoms. The number of anilines is 2. The van der Waals surface area contributed by atoms with Gasteiger partial charge in [0.2, 0.25) is 5.91 Å². The number of ether oxygens (including phenoxy) is 1. The van der Waals surface area contributed by atoms with Gasteiger partial charge >= 0.3 is 12.1 Å². The maximum atomic E-state index is 12.9. The highest BCUT2D eigenvalue weighted by atomic mass is 35.5. The molecule has 0 fully saturated rings. The lowest BCUT2D eigenvalue weighted by atomic mass is 10.1. The zero-order chi connectivity index (χ0) is 22.8. The summed E-state index contributed by atoms with van der Waals surface area (Å²) in [6.45, 7) is 4.77. The van der Waals surface area contributed by atoms with Crippen LogP contribution in [0.4, 0.5) is 23.9 Å². The second-order valence-corrected chi connectivity index (χ2v) is 7.97. The molecule has 0 spiro atoms. The van der Waals surface area contributed by atoms with Gasteiger partial charge in [0, 0.05) is 5.92 Å². The van der Waals surface area contributed by atoms with Gasteiger partial charge in [-0.2, -0.15) is 13.2 Å². The van der Waals surface area contributed by atoms with Crippen LogP contribution >= 0.6 is 22.9 Å². The summed E-state index contributed by atoms with van der Waals surface area (Å²) in [6.07, 6.45) is -4.62. The van der Waals surface area contributed by atoms with Crippen molar-refractivity contribution in [1.82, 2.24) is 0 Å². The summed E-state index contributed by atoms with van der Waals surface area (Å²) in [5.74, 6) is -2.32. The molecule has 2 aromatic rings. The molecule has 2 N–H and O–H groups in total. The lowest BCUT2D eigenvalue weighted by molar-refractivity contribution is -0.137. The number of rotatable bonds is 5. The average molecular weight is 463 g/mol. The van der Waals surface area contributed by atoms with Crippen LogP contribution < -0.4 is 10.6 Å². The normalized spacial score (nSPS) is 11.4. The predicted molar refractivity (Wildman–Crippen MR) is 108 cm³/mol. The number of methoxy groups -OCH3 is 1. The van der Waals surface area contributed by atoms with Gasteiger partial charge in [-0.3, -0.25) is 9.59 Å². The van der Waals surface area contributed by atoms with Gasteiger partial charge in [0.1, 0.15) is 5.00 Å². The molecule has 0 radical (unpaired) electrons. The zero-order valence-electron chi connectivity index (χ0n) is 16.4. The molecule has 0 saturated heterocycles. The van der Waals surface area contributed by atoms with Crippen LogP contribution in [-0.4, -0.2) is 24.9 Å². The predicted octanol–water partition coefficient (Wildman–Crippen LogP) is 5.36. The smallest absolute Gasteiger partial charge is 0.416 e. The Bertz CT molecular complexity index is 1000. The Morgan fingerprint density at radius 1 is 1.17 bits per heavy atom. The summed E-state index contributed by atoms with van der Waals surface area (Å²) in [4.78, 5) is 37.0. The van der Waals surface area contributed by atoms with E-state index >= 15 is 0 Å². The molecule has 0 atom stereocenters. The van der Waals surface area contributed by atoms with Crippen molar-refractivity contribution in [3.05, 3.63) is 44.8 Å². The number of benzene rings is 1. The largest absolute Gasteiger partial charge is 0.465 e. The minimum absolute atomic E-state index is 0.00297. The van der Waals surface area contributed by atoms with Crippen molar-refractivity contribution in [2.24, 2.45) is 5.92 Å². The molecule has 30 heavy (non-hydrogen) atoms. The molecule has 0 saturated carbocycles. The lowest BCUT2D eigenvalue weighted by Gasteiger charge is -2.11. The third-order valence-corrected chi connectivity index (χ3v) is 5.58. The van der Waals surface area contributed by atoms with Crippen molar-refractivity contribution >= 4 is 51.4 Å². The van der Waals surface area contributed by atoms with Gasteiger partial charge in [-0.25, -0.2) is 4.79 Å². The summed E-state index contributed by atoms with van der Waals surface area (Å²) in [6, 6.07) is 2.53. The Kier molecular flexibility index (Phi) is 7.14. The van der Waals surface area contributed by atoms with E-state index in [1.807, 2.05) is 0 Å². The fraction of sp³-hybridized carbons (Fsp3) is 0.316. The monoisotopic (exact) mass is 462 g/mol. The first-order chi connectivity index (χ1) is 13.9. The second kappa shape index (κ2) is 9.05. The van der Waals surface area contributed by atoms with Gasteiger partial charge in [-0.1, -0.05) is 25.4 Å². The maximum Gasteiger partial charge on any atom is 0.416 e. The van der Waals surface area contributed by atoms with Crippen LogP contribution in [0.2, 0.25) is 5.02 Å². The van der Waals surface area contributed by atoms with E-state index in [1.165, 1.54) is 6.92 Å². The van der Waals surface area contributed by atoms with Gasteiger partial charge in [0.05, 0.1) is 33.8 Å². The van der Waals surface area contributed by atoms with Crippen LogP contribution in [0.25, 0.3) is 0 Å². The first-order valence-electron chi connectivity index (χ1n) is 8.57. The number of hydrogen-bond acceptors (Lipinski definition) is 5. The Labute approximate surface area is 179 Å². The molecule has 2 amide bonds. The highest BCUT2D eigenvalue weighted by molar-refractivity contribution is 7.19. The molecule has 1 aromatic carbocycles. The summed E-state index contributed by atoms with van der Waals surface area (Å²) in [7, 11) is 1.15. The molecule has 1 heterocycles. The maximum absolute atomic E-state index is 12.9. The summed E-state index contributed by atoms with van der Waals surface area (Å²) >= 11 is 6.73. The van der Waals surface area contributed by atoms with E-state index in [4.69, 9.17) is 16.3 Å². The molecule has 162 valence electrons. The number of amides is 2. The molecule has 2 rings (SSSR count). The van der Waals surface area contributed by atoms with Gasteiger partial charge in [-0.05, 0) is 30.7 Å². The fourth-order valence-corrected chi connectivity index (χ4v) is 3.66. The van der Waals surface area contributed by atoms with Crippen molar-refractivity contribution in [2.45, 2.75) is 26.9 Å². The third kappa shape index (κ3) is 5.11. The highest BCUT2D eigenvalue weighted by Crippen LogP contribution is 2.37. The van der Waals surface area contributed by atoms with Crippen molar-refractivity contribution < 1.29 is 32.3 Å². The molecule has 0 aliphatic rings. The Hall–Kier alpha value is -2.59. The number of esters is 1. The van der Waals surface area contributed by atoms with E-state index in [1.54, 1.807) is 13.8 Å². The number of thiophene rings is 1. The van der Waals surface area contributed by atoms with E-state index < -0.39 is 23.6 Å². The number of halogens is 4. The van der Waals surface area contributed by atoms with Gasteiger partial charge < -0.3 is 15.4 Å². The topological polar surface area (TPSA) is 84.5 Å². The van der Waals surface area contributed by atoms with E-state index in [-0.39, 0.29) is 43.5 Å². The van der Waals surface area contributed by atoms with Crippen LogP contribution in [-0.2, 0) is 15.7 Å². The Balaban J connectivity index is 2.44. The van der Waals surface area contributed by atoms with Crippen LogP contribution in [0.5, 0.6) is 0 Å². The number of carbonyl (C=O) groups excluding carboxylic acids is 3. The van der Waals surface area contributed by atoms with Crippen LogP contribution in [0, 0.1) is 12.8 Å². The van der Waals surface area contributed by atoms with Crippen molar-refractivity contribution in [3.8, 4) is 0 Å². The molecule has 0 aliphatic carbocycles. The summed E-state index contributed by atoms with van der Waals surface area (Å²) < 4.78 is 43.6. The quantitative estimate of drug-likeness (QED) is 0.586. The van der Waals surface area contributed by atoms with Crippen molar-refractivity contribution in [3.63, 3.8) is 0 Å². The van der Waals surface area contributed by atoms with E-state index in [9.17, 15) is 27.6 Å². The minimum atomic E-state index is -4.62. The number of hydrogen-bond donors (Lipinski definition) is 2. The summed E-state index contributed by atoms with van der Waals surface area (Å²) in [5.41, 5.74) is -1.01. The molecule has 11 heteroatoms. The van der Waals surface area contributed by atoms with Crippen LogP contribution in [0.3, 0.4) is 0 Å². The van der Waals surface area contributed by atoms with Crippen molar-refractivity contribution in [1.29, 1.82) is 0 Å². The Morgan fingerprint density at radius 2 is 1.80 bits per heavy atom. The third-order valence-electron chi connectivity index (χ3n) is 4.05. The van der Waals surface area contributed by atoms with E-state index in [0.717, 1.165) is 30.6 Å². The zero-order valence-corrected chi connectivity index (χ0v) is 17.9. The fourth-order valence-electron chi connectivity index (χ4n) is 2.40. The molecule has 0 unspecified atom stereocenters. The first kappa shape index (κ1) is 23.7. The first-order valence-corrected chi connectivity index (χ1v) is 9.76. The standard InChI is InChI=1S/C19H18ClF3N2O4S/c1-8(2)15(26)25-17-13(18(28)29-4)9(3)14(30-17)16(27)24-12-7-10(19(21,22)23)5-6-11(12)20/h5-8H,1-4H3,(H,24,27)(H,25,26). The molecule has 6 nitrogen and oxygen atoms in total. The second-order valence-electron chi connectivity index (χ2n) is 6.54. The highest BCUT2D eigenvalue weighted by Gasteiger charge is 2.32. The van der Waals surface area contributed by atoms with Gasteiger partial charge in [-0.15, -0.1) is 11.3 Å².